The van der Waals surface area contributed by atoms with Gasteiger partial charge in [-0.3, -0.25) is 0 Å². The minimum Gasteiger partial charge on any atom is -0.378 e. The van der Waals surface area contributed by atoms with E-state index in [0.29, 0.717) is 11.5 Å². The molecule has 2 aliphatic rings. The summed E-state index contributed by atoms with van der Waals surface area (Å²) in [6.45, 7) is 8.06. The van der Waals surface area contributed by atoms with Crippen LogP contribution in [0, 0.1) is 11.3 Å². The van der Waals surface area contributed by atoms with Crippen molar-refractivity contribution in [3.63, 3.8) is 0 Å². The standard InChI is InChI=1S/C15H29NO/c1-12-9-14(2,3)11-15(16,10-12)7-6-13-5-4-8-17-13/h12-13H,4-11,16H2,1-3H3. The molecule has 1 aliphatic heterocycles. The highest BCUT2D eigenvalue weighted by Gasteiger charge is 2.40. The van der Waals surface area contributed by atoms with Gasteiger partial charge in [-0.1, -0.05) is 20.8 Å². The van der Waals surface area contributed by atoms with E-state index in [1.165, 1.54) is 38.5 Å². The Morgan fingerprint density at radius 1 is 1.29 bits per heavy atom. The van der Waals surface area contributed by atoms with Gasteiger partial charge < -0.3 is 10.5 Å². The van der Waals surface area contributed by atoms with Gasteiger partial charge in [0.2, 0.25) is 0 Å². The third-order valence-corrected chi connectivity index (χ3v) is 4.47. The van der Waals surface area contributed by atoms with Gasteiger partial charge >= 0.3 is 0 Å². The summed E-state index contributed by atoms with van der Waals surface area (Å²) in [4.78, 5) is 0. The van der Waals surface area contributed by atoms with Crippen molar-refractivity contribution < 1.29 is 4.74 Å². The van der Waals surface area contributed by atoms with E-state index >= 15 is 0 Å². The van der Waals surface area contributed by atoms with Crippen LogP contribution >= 0.6 is 0 Å². The maximum atomic E-state index is 6.65. The Hall–Kier alpha value is -0.0800. The molecule has 0 aromatic carbocycles. The fourth-order valence-corrected chi connectivity index (χ4v) is 4.32. The molecule has 0 aromatic heterocycles. The van der Waals surface area contributed by atoms with E-state index in [4.69, 9.17) is 10.5 Å². The number of ether oxygens (including phenoxy) is 1. The van der Waals surface area contributed by atoms with Gasteiger partial charge in [0.25, 0.3) is 0 Å². The maximum absolute atomic E-state index is 6.65. The van der Waals surface area contributed by atoms with Crippen molar-refractivity contribution >= 4 is 0 Å². The van der Waals surface area contributed by atoms with E-state index in [2.05, 4.69) is 20.8 Å². The van der Waals surface area contributed by atoms with Crippen molar-refractivity contribution in [3.05, 3.63) is 0 Å². The molecule has 0 aromatic rings. The second kappa shape index (κ2) is 4.89. The first-order valence-electron chi connectivity index (χ1n) is 7.29. The van der Waals surface area contributed by atoms with Crippen LogP contribution in [0.5, 0.6) is 0 Å². The van der Waals surface area contributed by atoms with Crippen LogP contribution in [0.4, 0.5) is 0 Å². The summed E-state index contributed by atoms with van der Waals surface area (Å²) < 4.78 is 5.71. The monoisotopic (exact) mass is 239 g/mol. The third-order valence-electron chi connectivity index (χ3n) is 4.47. The first kappa shape index (κ1) is 13.4. The van der Waals surface area contributed by atoms with Crippen LogP contribution in [0.1, 0.15) is 65.7 Å². The molecule has 3 unspecified atom stereocenters. The average Bonchev–Trinajstić information content (AvgIpc) is 2.62. The van der Waals surface area contributed by atoms with Crippen LogP contribution in [-0.4, -0.2) is 18.2 Å². The lowest BCUT2D eigenvalue weighted by molar-refractivity contribution is 0.0669. The highest BCUT2D eigenvalue weighted by molar-refractivity contribution is 4.96. The van der Waals surface area contributed by atoms with Gasteiger partial charge in [-0.25, -0.2) is 0 Å². The fraction of sp³-hybridized carbons (Fsp3) is 1.00. The molecule has 2 fully saturated rings. The Morgan fingerprint density at radius 2 is 2.06 bits per heavy atom. The van der Waals surface area contributed by atoms with E-state index in [9.17, 15) is 0 Å². The van der Waals surface area contributed by atoms with Crippen LogP contribution in [0.3, 0.4) is 0 Å². The van der Waals surface area contributed by atoms with Gasteiger partial charge in [0.1, 0.15) is 0 Å². The molecule has 1 saturated carbocycles. The summed E-state index contributed by atoms with van der Waals surface area (Å²) in [6.07, 6.45) is 8.99. The summed E-state index contributed by atoms with van der Waals surface area (Å²) in [5.41, 5.74) is 7.13. The molecule has 3 atom stereocenters. The Balaban J connectivity index is 1.88. The average molecular weight is 239 g/mol. The molecular formula is C15H29NO. The molecule has 100 valence electrons. The zero-order valence-corrected chi connectivity index (χ0v) is 11.8. The number of rotatable bonds is 3. The van der Waals surface area contributed by atoms with Gasteiger partial charge in [-0.15, -0.1) is 0 Å². The SMILES string of the molecule is CC1CC(C)(C)CC(N)(CCC2CCCO2)C1. The van der Waals surface area contributed by atoms with Crippen molar-refractivity contribution in [2.75, 3.05) is 6.61 Å². The second-order valence-corrected chi connectivity index (χ2v) is 7.39. The second-order valence-electron chi connectivity index (χ2n) is 7.39. The quantitative estimate of drug-likeness (QED) is 0.818. The van der Waals surface area contributed by atoms with E-state index in [1.807, 2.05) is 0 Å². The summed E-state index contributed by atoms with van der Waals surface area (Å²) in [5.74, 6) is 0.772. The lowest BCUT2D eigenvalue weighted by atomic mass is 9.63. The van der Waals surface area contributed by atoms with Crippen molar-refractivity contribution in [3.8, 4) is 0 Å². The zero-order valence-electron chi connectivity index (χ0n) is 11.8. The first-order chi connectivity index (χ1) is 7.89. The van der Waals surface area contributed by atoms with Gasteiger partial charge in [-0.05, 0) is 56.3 Å². The van der Waals surface area contributed by atoms with Crippen molar-refractivity contribution in [1.29, 1.82) is 0 Å². The van der Waals surface area contributed by atoms with Crippen LogP contribution in [0.2, 0.25) is 0 Å². The third kappa shape index (κ3) is 3.69. The van der Waals surface area contributed by atoms with Crippen molar-refractivity contribution in [2.24, 2.45) is 17.1 Å². The highest BCUT2D eigenvalue weighted by Crippen LogP contribution is 2.44. The first-order valence-corrected chi connectivity index (χ1v) is 7.29. The summed E-state index contributed by atoms with van der Waals surface area (Å²) in [6, 6.07) is 0. The largest absolute Gasteiger partial charge is 0.378 e. The van der Waals surface area contributed by atoms with Gasteiger partial charge in [0.15, 0.2) is 0 Å². The van der Waals surface area contributed by atoms with E-state index < -0.39 is 0 Å². The van der Waals surface area contributed by atoms with Crippen LogP contribution in [0.25, 0.3) is 0 Å². The van der Waals surface area contributed by atoms with Crippen molar-refractivity contribution in [1.82, 2.24) is 0 Å². The lowest BCUT2D eigenvalue weighted by Crippen LogP contribution is -2.49. The number of hydrogen-bond donors (Lipinski definition) is 1. The normalized spacial score (nSPS) is 41.6. The van der Waals surface area contributed by atoms with Crippen LogP contribution in [0.15, 0.2) is 0 Å². The molecule has 1 saturated heterocycles. The van der Waals surface area contributed by atoms with E-state index in [0.717, 1.165) is 18.9 Å². The smallest absolute Gasteiger partial charge is 0.0576 e. The number of hydrogen-bond acceptors (Lipinski definition) is 2. The molecule has 0 radical (unpaired) electrons. The summed E-state index contributed by atoms with van der Waals surface area (Å²) >= 11 is 0. The van der Waals surface area contributed by atoms with E-state index in [-0.39, 0.29) is 5.54 Å². The molecule has 2 rings (SSSR count). The van der Waals surface area contributed by atoms with Gasteiger partial charge in [0, 0.05) is 12.1 Å². The van der Waals surface area contributed by atoms with Crippen LogP contribution < -0.4 is 5.73 Å². The molecular weight excluding hydrogens is 210 g/mol. The molecule has 1 aliphatic carbocycles. The predicted octanol–water partition coefficient (Wildman–Crippen LogP) is 3.49. The molecule has 2 nitrogen and oxygen atoms in total. The molecule has 0 amide bonds. The maximum Gasteiger partial charge on any atom is 0.0576 e. The van der Waals surface area contributed by atoms with Crippen molar-refractivity contribution in [2.45, 2.75) is 77.4 Å². The lowest BCUT2D eigenvalue weighted by Gasteiger charge is -2.46. The molecule has 0 spiro atoms. The zero-order chi connectivity index (χ0) is 12.5. The molecule has 2 N–H and O–H groups in total. The Kier molecular flexibility index (Phi) is 3.84. The summed E-state index contributed by atoms with van der Waals surface area (Å²) in [7, 11) is 0. The number of nitrogens with two attached hydrogens (primary N) is 1. The van der Waals surface area contributed by atoms with Gasteiger partial charge in [0.05, 0.1) is 6.10 Å². The van der Waals surface area contributed by atoms with Gasteiger partial charge in [-0.2, -0.15) is 0 Å². The van der Waals surface area contributed by atoms with Crippen LogP contribution in [-0.2, 0) is 4.74 Å². The predicted molar refractivity (Wildman–Crippen MR) is 71.9 cm³/mol. The Labute approximate surface area is 106 Å². The van der Waals surface area contributed by atoms with E-state index in [1.54, 1.807) is 0 Å². The minimum atomic E-state index is 0.0626. The topological polar surface area (TPSA) is 35.2 Å². The molecule has 2 heteroatoms. The Morgan fingerprint density at radius 3 is 2.65 bits per heavy atom. The highest BCUT2D eigenvalue weighted by atomic mass is 16.5. The molecule has 1 heterocycles. The fourth-order valence-electron chi connectivity index (χ4n) is 4.32. The molecule has 17 heavy (non-hydrogen) atoms. The minimum absolute atomic E-state index is 0.0626. The summed E-state index contributed by atoms with van der Waals surface area (Å²) in [5, 5.41) is 0. The molecule has 0 bridgehead atoms. The Bertz CT molecular complexity index is 258.